The van der Waals surface area contributed by atoms with E-state index in [9.17, 15) is 0 Å². The summed E-state index contributed by atoms with van der Waals surface area (Å²) in [7, 11) is 0. The number of pyridine rings is 1. The van der Waals surface area contributed by atoms with Crippen LogP contribution in [-0.4, -0.2) is 11.5 Å². The van der Waals surface area contributed by atoms with E-state index in [-0.39, 0.29) is 0 Å². The molecule has 2 aromatic rings. The Hall–Kier alpha value is -1.49. The lowest BCUT2D eigenvalue weighted by Gasteiger charge is -2.10. The minimum Gasteiger partial charge on any atom is -0.369 e. The first-order chi connectivity index (χ1) is 9.70. The fourth-order valence-electron chi connectivity index (χ4n) is 1.84. The van der Waals surface area contributed by atoms with Gasteiger partial charge in [-0.3, -0.25) is 0 Å². The third-order valence-corrected chi connectivity index (χ3v) is 3.42. The maximum atomic E-state index is 6.08. The van der Waals surface area contributed by atoms with Crippen molar-refractivity contribution < 1.29 is 0 Å². The number of nitrogen functional groups attached to an aromatic ring is 1. The second-order valence-corrected chi connectivity index (χ2v) is 5.12. The highest BCUT2D eigenvalue weighted by Crippen LogP contribution is 2.28. The molecule has 0 saturated heterocycles. The summed E-state index contributed by atoms with van der Waals surface area (Å²) in [4.78, 5) is 4.22. The average Bonchev–Trinajstić information content (AvgIpc) is 2.46. The molecule has 2 rings (SSSR count). The summed E-state index contributed by atoms with van der Waals surface area (Å²) in [6.45, 7) is 0.771. The van der Waals surface area contributed by atoms with Crippen molar-refractivity contribution in [2.24, 2.45) is 5.84 Å². The number of hydrogen-bond acceptors (Lipinski definition) is 4. The van der Waals surface area contributed by atoms with Crippen LogP contribution in [0.2, 0.25) is 10.0 Å². The number of aromatic nitrogens is 1. The van der Waals surface area contributed by atoms with Crippen molar-refractivity contribution >= 4 is 34.8 Å². The molecule has 4 N–H and O–H groups in total. The van der Waals surface area contributed by atoms with Crippen LogP contribution in [0.4, 0.5) is 11.6 Å². The lowest BCUT2D eigenvalue weighted by Crippen LogP contribution is -2.11. The van der Waals surface area contributed by atoms with Gasteiger partial charge in [0.2, 0.25) is 0 Å². The molecule has 0 aliphatic rings. The first-order valence-electron chi connectivity index (χ1n) is 6.31. The third-order valence-electron chi connectivity index (χ3n) is 2.84. The first-order valence-corrected chi connectivity index (χ1v) is 7.06. The number of hydrazine groups is 1. The Morgan fingerprint density at radius 2 is 1.75 bits per heavy atom. The van der Waals surface area contributed by atoms with Crippen LogP contribution in [0.5, 0.6) is 0 Å². The van der Waals surface area contributed by atoms with E-state index < -0.39 is 0 Å². The molecule has 6 heteroatoms. The van der Waals surface area contributed by atoms with Crippen molar-refractivity contribution in [1.82, 2.24) is 4.98 Å². The van der Waals surface area contributed by atoms with Gasteiger partial charge in [0.05, 0.1) is 10.0 Å². The summed E-state index contributed by atoms with van der Waals surface area (Å²) in [5.74, 6) is 6.32. The van der Waals surface area contributed by atoms with Crippen LogP contribution in [0, 0.1) is 0 Å². The second kappa shape index (κ2) is 7.33. The van der Waals surface area contributed by atoms with Crippen molar-refractivity contribution in [1.29, 1.82) is 0 Å². The number of aryl methyl sites for hydroxylation is 1. The van der Waals surface area contributed by atoms with Gasteiger partial charge in [-0.2, -0.15) is 0 Å². The molecule has 0 aliphatic carbocycles. The molecule has 1 aromatic heterocycles. The molecule has 0 fully saturated rings. The van der Waals surface area contributed by atoms with E-state index in [0.717, 1.165) is 19.4 Å². The smallest absolute Gasteiger partial charge is 0.161 e. The van der Waals surface area contributed by atoms with E-state index in [1.807, 2.05) is 18.2 Å². The minimum atomic E-state index is 0.396. The molecule has 1 aromatic carbocycles. The monoisotopic (exact) mass is 310 g/mol. The lowest BCUT2D eigenvalue weighted by molar-refractivity contribution is 0.859. The Labute approximate surface area is 128 Å². The van der Waals surface area contributed by atoms with Crippen LogP contribution in [0.1, 0.15) is 12.0 Å². The molecule has 1 heterocycles. The van der Waals surface area contributed by atoms with E-state index in [2.05, 4.69) is 27.9 Å². The molecule has 0 aliphatic heterocycles. The number of nitrogens with one attached hydrogen (secondary N) is 2. The number of benzene rings is 1. The maximum Gasteiger partial charge on any atom is 0.161 e. The number of halogens is 2. The van der Waals surface area contributed by atoms with Crippen molar-refractivity contribution in [2.45, 2.75) is 12.8 Å². The van der Waals surface area contributed by atoms with Crippen LogP contribution < -0.4 is 16.6 Å². The fourth-order valence-corrected chi connectivity index (χ4v) is 2.32. The molecular formula is C14H16Cl2N4. The molecule has 106 valence electrons. The van der Waals surface area contributed by atoms with Gasteiger partial charge in [-0.15, -0.1) is 0 Å². The summed E-state index contributed by atoms with van der Waals surface area (Å²) < 4.78 is 0. The first kappa shape index (κ1) is 14.9. The highest BCUT2D eigenvalue weighted by molar-refractivity contribution is 6.37. The van der Waals surface area contributed by atoms with Crippen molar-refractivity contribution in [3.05, 3.63) is 52.0 Å². The predicted molar refractivity (Wildman–Crippen MR) is 85.3 cm³/mol. The Kier molecular flexibility index (Phi) is 5.47. The molecule has 0 saturated carbocycles. The molecule has 0 amide bonds. The molecule has 0 radical (unpaired) electrons. The molecule has 0 bridgehead atoms. The molecule has 0 spiro atoms. The average molecular weight is 311 g/mol. The largest absolute Gasteiger partial charge is 0.369 e. The number of anilines is 2. The molecule has 20 heavy (non-hydrogen) atoms. The van der Waals surface area contributed by atoms with Gasteiger partial charge >= 0.3 is 0 Å². The van der Waals surface area contributed by atoms with Crippen LogP contribution in [-0.2, 0) is 6.42 Å². The number of rotatable bonds is 6. The summed E-state index contributed by atoms with van der Waals surface area (Å²) in [5, 5.41) is 4.06. The Balaban J connectivity index is 1.88. The summed E-state index contributed by atoms with van der Waals surface area (Å²) in [6.07, 6.45) is 1.98. The fraction of sp³-hybridized carbons (Fsp3) is 0.214. The van der Waals surface area contributed by atoms with Crippen molar-refractivity contribution in [3.63, 3.8) is 0 Å². The minimum absolute atomic E-state index is 0.396. The van der Waals surface area contributed by atoms with Crippen molar-refractivity contribution in [3.8, 4) is 0 Å². The highest BCUT2D eigenvalue weighted by atomic mass is 35.5. The van der Waals surface area contributed by atoms with Gasteiger partial charge in [0.15, 0.2) is 5.82 Å². The zero-order chi connectivity index (χ0) is 14.4. The van der Waals surface area contributed by atoms with Gasteiger partial charge in [-0.05, 0) is 24.5 Å². The van der Waals surface area contributed by atoms with E-state index in [4.69, 9.17) is 29.0 Å². The Morgan fingerprint density at radius 3 is 2.45 bits per heavy atom. The van der Waals surface area contributed by atoms with E-state index in [1.165, 1.54) is 5.56 Å². The van der Waals surface area contributed by atoms with Gasteiger partial charge < -0.3 is 10.7 Å². The van der Waals surface area contributed by atoms with Gasteiger partial charge in [0.1, 0.15) is 5.82 Å². The van der Waals surface area contributed by atoms with E-state index >= 15 is 0 Å². The standard InChI is InChI=1S/C14H16Cl2N4/c15-11-9-12(16)14(20-17)19-13(11)18-8-4-7-10-5-2-1-3-6-10/h1-3,5-6,9H,4,7-8,17H2,(H2,18,19,20). The van der Waals surface area contributed by atoms with Crippen LogP contribution in [0.3, 0.4) is 0 Å². The Morgan fingerprint density at radius 1 is 1.05 bits per heavy atom. The molecule has 0 atom stereocenters. The molecular weight excluding hydrogens is 295 g/mol. The number of nitrogens with two attached hydrogens (primary N) is 1. The lowest BCUT2D eigenvalue weighted by atomic mass is 10.1. The quantitative estimate of drug-likeness (QED) is 0.432. The summed E-state index contributed by atoms with van der Waals surface area (Å²) >= 11 is 12.0. The zero-order valence-corrected chi connectivity index (χ0v) is 12.4. The highest BCUT2D eigenvalue weighted by Gasteiger charge is 2.07. The SMILES string of the molecule is NNc1nc(NCCCc2ccccc2)c(Cl)cc1Cl. The maximum absolute atomic E-state index is 6.08. The van der Waals surface area contributed by atoms with Crippen LogP contribution in [0.15, 0.2) is 36.4 Å². The molecule has 4 nitrogen and oxygen atoms in total. The summed E-state index contributed by atoms with van der Waals surface area (Å²) in [6, 6.07) is 11.9. The van der Waals surface area contributed by atoms with E-state index in [0.29, 0.717) is 21.7 Å². The van der Waals surface area contributed by atoms with Gasteiger partial charge in [0, 0.05) is 6.54 Å². The predicted octanol–water partition coefficient (Wildman–Crippen LogP) is 3.72. The van der Waals surface area contributed by atoms with Crippen LogP contribution in [0.25, 0.3) is 0 Å². The number of nitrogens with zero attached hydrogens (tertiary/aromatic N) is 1. The van der Waals surface area contributed by atoms with Crippen LogP contribution >= 0.6 is 23.2 Å². The van der Waals surface area contributed by atoms with Crippen molar-refractivity contribution in [2.75, 3.05) is 17.3 Å². The van der Waals surface area contributed by atoms with Gasteiger partial charge in [-0.1, -0.05) is 53.5 Å². The Bertz CT molecular complexity index is 561. The third kappa shape index (κ3) is 4.00. The zero-order valence-electron chi connectivity index (χ0n) is 10.9. The van der Waals surface area contributed by atoms with E-state index in [1.54, 1.807) is 6.07 Å². The number of hydrogen-bond donors (Lipinski definition) is 3. The second-order valence-electron chi connectivity index (χ2n) is 4.31. The molecule has 0 unspecified atom stereocenters. The summed E-state index contributed by atoms with van der Waals surface area (Å²) in [5.41, 5.74) is 3.75. The van der Waals surface area contributed by atoms with Gasteiger partial charge in [-0.25, -0.2) is 10.8 Å². The normalized spacial score (nSPS) is 10.3. The van der Waals surface area contributed by atoms with Gasteiger partial charge in [0.25, 0.3) is 0 Å². The topological polar surface area (TPSA) is 63.0 Å².